The average molecular weight is 366 g/mol. The summed E-state index contributed by atoms with van der Waals surface area (Å²) in [6.07, 6.45) is 0.305. The van der Waals surface area contributed by atoms with Crippen molar-refractivity contribution in [3.63, 3.8) is 0 Å². The van der Waals surface area contributed by atoms with Crippen LogP contribution in [0.15, 0.2) is 24.3 Å². The van der Waals surface area contributed by atoms with Crippen LogP contribution in [0.1, 0.15) is 12.8 Å². The normalized spacial score (nSPS) is 13.8. The van der Waals surface area contributed by atoms with Crippen LogP contribution in [-0.4, -0.2) is 60.3 Å². The molecule has 26 heavy (non-hydrogen) atoms. The van der Waals surface area contributed by atoms with Crippen molar-refractivity contribution in [2.45, 2.75) is 12.8 Å². The molecular formula is C16H19FN4O5. The van der Waals surface area contributed by atoms with Gasteiger partial charge in [0.25, 0.3) is 5.91 Å². The predicted octanol–water partition coefficient (Wildman–Crippen LogP) is 0.0261. The van der Waals surface area contributed by atoms with Crippen molar-refractivity contribution in [1.29, 1.82) is 0 Å². The fourth-order valence-corrected chi connectivity index (χ4v) is 2.20. The van der Waals surface area contributed by atoms with E-state index < -0.39 is 17.6 Å². The third-order valence-corrected chi connectivity index (χ3v) is 3.54. The van der Waals surface area contributed by atoms with E-state index in [0.717, 1.165) is 4.90 Å². The Balaban J connectivity index is 1.61. The predicted molar refractivity (Wildman–Crippen MR) is 87.2 cm³/mol. The molecule has 10 heteroatoms. The molecule has 1 aliphatic heterocycles. The zero-order valence-electron chi connectivity index (χ0n) is 14.2. The molecule has 1 heterocycles. The summed E-state index contributed by atoms with van der Waals surface area (Å²) in [6, 6.07) is 4.76. The summed E-state index contributed by atoms with van der Waals surface area (Å²) >= 11 is 0. The van der Waals surface area contributed by atoms with Crippen LogP contribution in [0.4, 0.5) is 9.18 Å². The van der Waals surface area contributed by atoms with E-state index in [1.54, 1.807) is 0 Å². The van der Waals surface area contributed by atoms with E-state index in [-0.39, 0.29) is 44.5 Å². The molecule has 1 aromatic rings. The number of carbonyl (C=O) groups is 4. The van der Waals surface area contributed by atoms with Gasteiger partial charge in [0.15, 0.2) is 6.61 Å². The van der Waals surface area contributed by atoms with E-state index >= 15 is 0 Å². The maximum atomic E-state index is 12.7. The van der Waals surface area contributed by atoms with Gasteiger partial charge in [0, 0.05) is 20.0 Å². The number of nitrogens with one attached hydrogen (secondary N) is 2. The second-order valence-electron chi connectivity index (χ2n) is 5.63. The molecule has 5 amide bonds. The highest BCUT2D eigenvalue weighted by Gasteiger charge is 2.32. The van der Waals surface area contributed by atoms with Gasteiger partial charge >= 0.3 is 6.03 Å². The molecule has 0 saturated carbocycles. The van der Waals surface area contributed by atoms with Crippen molar-refractivity contribution in [2.75, 3.05) is 26.7 Å². The van der Waals surface area contributed by atoms with Crippen molar-refractivity contribution in [2.24, 2.45) is 0 Å². The monoisotopic (exact) mass is 366 g/mol. The number of nitrogens with zero attached hydrogens (tertiary/aromatic N) is 2. The lowest BCUT2D eigenvalue weighted by Gasteiger charge is -2.13. The minimum atomic E-state index is -0.589. The van der Waals surface area contributed by atoms with Crippen LogP contribution >= 0.6 is 0 Å². The summed E-state index contributed by atoms with van der Waals surface area (Å²) in [5, 5.41) is 0. The maximum absolute atomic E-state index is 12.7. The first-order valence-electron chi connectivity index (χ1n) is 7.88. The molecule has 0 unspecified atom stereocenters. The van der Waals surface area contributed by atoms with Crippen LogP contribution in [-0.2, 0) is 14.4 Å². The number of hydrogen-bond donors (Lipinski definition) is 2. The first-order valence-corrected chi connectivity index (χ1v) is 7.88. The number of hydrazine groups is 1. The highest BCUT2D eigenvalue weighted by molar-refractivity contribution is 6.01. The molecule has 1 aromatic carbocycles. The van der Waals surface area contributed by atoms with Crippen LogP contribution in [0.25, 0.3) is 0 Å². The van der Waals surface area contributed by atoms with Gasteiger partial charge in [-0.1, -0.05) is 0 Å². The molecule has 0 radical (unpaired) electrons. The molecule has 0 atom stereocenters. The van der Waals surface area contributed by atoms with Gasteiger partial charge in [-0.3, -0.25) is 30.1 Å². The topological polar surface area (TPSA) is 108 Å². The van der Waals surface area contributed by atoms with Gasteiger partial charge in [0.2, 0.25) is 11.8 Å². The van der Waals surface area contributed by atoms with Crippen molar-refractivity contribution < 1.29 is 28.3 Å². The van der Waals surface area contributed by atoms with Crippen LogP contribution in [0.2, 0.25) is 0 Å². The van der Waals surface area contributed by atoms with E-state index in [1.165, 1.54) is 36.2 Å². The molecular weight excluding hydrogens is 347 g/mol. The van der Waals surface area contributed by atoms with E-state index in [0.29, 0.717) is 5.75 Å². The Kier molecular flexibility index (Phi) is 6.48. The average Bonchev–Trinajstić information content (AvgIpc) is 2.85. The van der Waals surface area contributed by atoms with Crippen molar-refractivity contribution >= 4 is 23.8 Å². The summed E-state index contributed by atoms with van der Waals surface area (Å²) in [5.41, 5.74) is 4.38. The van der Waals surface area contributed by atoms with Gasteiger partial charge in [-0.15, -0.1) is 0 Å². The fraction of sp³-hybridized carbons (Fsp3) is 0.375. The number of ether oxygens (including phenoxy) is 1. The number of carbonyl (C=O) groups excluding carboxylic acids is 4. The lowest BCUT2D eigenvalue weighted by molar-refractivity contribution is -0.130. The zero-order chi connectivity index (χ0) is 19.1. The van der Waals surface area contributed by atoms with E-state index in [2.05, 4.69) is 10.9 Å². The minimum absolute atomic E-state index is 0.0277. The van der Waals surface area contributed by atoms with Crippen LogP contribution in [0.5, 0.6) is 5.75 Å². The smallest absolute Gasteiger partial charge is 0.326 e. The highest BCUT2D eigenvalue weighted by atomic mass is 19.1. The molecule has 9 nitrogen and oxygen atoms in total. The summed E-state index contributed by atoms with van der Waals surface area (Å²) < 4.78 is 17.9. The van der Waals surface area contributed by atoms with Crippen LogP contribution < -0.4 is 15.6 Å². The van der Waals surface area contributed by atoms with Crippen molar-refractivity contribution in [3.8, 4) is 5.75 Å². The molecule has 0 aliphatic carbocycles. The van der Waals surface area contributed by atoms with Gasteiger partial charge in [-0.2, -0.15) is 0 Å². The van der Waals surface area contributed by atoms with E-state index in [1.807, 2.05) is 0 Å². The van der Waals surface area contributed by atoms with Crippen molar-refractivity contribution in [1.82, 2.24) is 20.7 Å². The molecule has 1 saturated heterocycles. The third-order valence-electron chi connectivity index (χ3n) is 3.54. The quantitative estimate of drug-likeness (QED) is 0.523. The number of amides is 5. The second kappa shape index (κ2) is 8.79. The molecule has 0 spiro atoms. The lowest BCUT2D eigenvalue weighted by Crippen LogP contribution is -2.44. The van der Waals surface area contributed by atoms with E-state index in [4.69, 9.17) is 4.74 Å². The van der Waals surface area contributed by atoms with Gasteiger partial charge in [0.1, 0.15) is 18.1 Å². The summed E-state index contributed by atoms with van der Waals surface area (Å²) in [4.78, 5) is 48.8. The molecule has 0 bridgehead atoms. The molecule has 0 aromatic heterocycles. The largest absolute Gasteiger partial charge is 0.484 e. The standard InChI is InChI=1S/C16H19FN4O5/c1-20-9-15(24)21(16(20)25)8-2-3-13(22)18-19-14(23)10-26-12-6-4-11(17)5-7-12/h4-7H,2-3,8-10H2,1H3,(H,18,22)(H,19,23). The van der Waals surface area contributed by atoms with Crippen LogP contribution in [0, 0.1) is 5.82 Å². The number of rotatable bonds is 7. The van der Waals surface area contributed by atoms with Gasteiger partial charge in [0.05, 0.1) is 0 Å². The first-order chi connectivity index (χ1) is 12.4. The maximum Gasteiger partial charge on any atom is 0.326 e. The van der Waals surface area contributed by atoms with Gasteiger partial charge in [-0.05, 0) is 30.7 Å². The Labute approximate surface area is 149 Å². The Morgan fingerprint density at radius 2 is 1.81 bits per heavy atom. The number of likely N-dealkylation sites (N-methyl/N-ethyl adjacent to an activating group) is 1. The summed E-state index contributed by atoms with van der Waals surface area (Å²) in [6.45, 7) is -0.179. The number of benzene rings is 1. The number of urea groups is 1. The Bertz CT molecular complexity index is 694. The minimum Gasteiger partial charge on any atom is -0.484 e. The fourth-order valence-electron chi connectivity index (χ4n) is 2.20. The molecule has 1 aliphatic rings. The Hall–Kier alpha value is -3.17. The number of halogens is 1. The first kappa shape index (κ1) is 19.2. The lowest BCUT2D eigenvalue weighted by atomic mass is 10.3. The van der Waals surface area contributed by atoms with E-state index in [9.17, 15) is 23.6 Å². The summed E-state index contributed by atoms with van der Waals surface area (Å²) in [7, 11) is 1.52. The number of imide groups is 1. The number of hydrogen-bond acceptors (Lipinski definition) is 5. The van der Waals surface area contributed by atoms with Crippen molar-refractivity contribution in [3.05, 3.63) is 30.1 Å². The molecule has 140 valence electrons. The van der Waals surface area contributed by atoms with Crippen LogP contribution in [0.3, 0.4) is 0 Å². The molecule has 2 N–H and O–H groups in total. The zero-order valence-corrected chi connectivity index (χ0v) is 14.2. The van der Waals surface area contributed by atoms with Gasteiger partial charge in [-0.25, -0.2) is 9.18 Å². The Morgan fingerprint density at radius 1 is 1.15 bits per heavy atom. The molecule has 2 rings (SSSR count). The SMILES string of the molecule is CN1CC(=O)N(CCCC(=O)NNC(=O)COc2ccc(F)cc2)C1=O. The van der Waals surface area contributed by atoms with Gasteiger partial charge < -0.3 is 9.64 Å². The summed E-state index contributed by atoms with van der Waals surface area (Å²) in [5.74, 6) is -1.46. The Morgan fingerprint density at radius 3 is 2.42 bits per heavy atom. The second-order valence-corrected chi connectivity index (χ2v) is 5.63. The highest BCUT2D eigenvalue weighted by Crippen LogP contribution is 2.10. The molecule has 1 fully saturated rings. The third kappa shape index (κ3) is 5.43.